The van der Waals surface area contributed by atoms with E-state index in [1.54, 1.807) is 32.9 Å². The second kappa shape index (κ2) is 4.95. The molecule has 5 heteroatoms. The van der Waals surface area contributed by atoms with Crippen LogP contribution in [0.4, 0.5) is 5.69 Å². The van der Waals surface area contributed by atoms with Crippen molar-refractivity contribution in [2.24, 2.45) is 0 Å². The van der Waals surface area contributed by atoms with Crippen molar-refractivity contribution in [2.75, 3.05) is 0 Å². The summed E-state index contributed by atoms with van der Waals surface area (Å²) in [7, 11) is 0. The Labute approximate surface area is 99.5 Å². The first kappa shape index (κ1) is 13.2. The summed E-state index contributed by atoms with van der Waals surface area (Å²) in [5.41, 5.74) is -0.0290. The van der Waals surface area contributed by atoms with E-state index in [0.717, 1.165) is 5.56 Å². The molecule has 17 heavy (non-hydrogen) atoms. The van der Waals surface area contributed by atoms with Crippen LogP contribution < -0.4 is 0 Å². The van der Waals surface area contributed by atoms with Gasteiger partial charge in [-0.1, -0.05) is 6.92 Å². The highest BCUT2D eigenvalue weighted by Crippen LogP contribution is 2.26. The van der Waals surface area contributed by atoms with Crippen LogP contribution >= 0.6 is 0 Å². The predicted octanol–water partition coefficient (Wildman–Crippen LogP) is 2.78. The summed E-state index contributed by atoms with van der Waals surface area (Å²) in [6, 6.07) is 6.00. The molecule has 0 unspecified atom stereocenters. The van der Waals surface area contributed by atoms with E-state index in [1.165, 1.54) is 12.1 Å². The van der Waals surface area contributed by atoms with E-state index in [0.29, 0.717) is 6.42 Å². The van der Waals surface area contributed by atoms with E-state index in [1.807, 2.05) is 0 Å². The monoisotopic (exact) mass is 237 g/mol. The van der Waals surface area contributed by atoms with E-state index < -0.39 is 10.5 Å². The van der Waals surface area contributed by atoms with Crippen molar-refractivity contribution in [3.8, 4) is 0 Å². The zero-order valence-corrected chi connectivity index (χ0v) is 10.1. The summed E-state index contributed by atoms with van der Waals surface area (Å²) in [4.78, 5) is 21.3. The van der Waals surface area contributed by atoms with Gasteiger partial charge in [0.2, 0.25) is 0 Å². The van der Waals surface area contributed by atoms with E-state index in [9.17, 15) is 14.9 Å². The van der Waals surface area contributed by atoms with Crippen LogP contribution in [-0.4, -0.2) is 10.9 Å². The van der Waals surface area contributed by atoms with Crippen molar-refractivity contribution < 1.29 is 14.5 Å². The minimum atomic E-state index is -0.776. The number of ether oxygens (including phenoxy) is 1. The first-order valence-electron chi connectivity index (χ1n) is 5.33. The fraction of sp³-hybridized carbons (Fsp3) is 0.417. The Morgan fingerprint density at radius 3 is 2.29 bits per heavy atom. The molecule has 0 aliphatic heterocycles. The molecule has 1 aromatic rings. The lowest BCUT2D eigenvalue weighted by atomic mass is 9.98. The minimum Gasteiger partial charge on any atom is -0.455 e. The molecule has 0 radical (unpaired) electrons. The van der Waals surface area contributed by atoms with Crippen LogP contribution in [0.3, 0.4) is 0 Å². The maximum absolute atomic E-state index is 11.2. The Morgan fingerprint density at radius 1 is 1.35 bits per heavy atom. The van der Waals surface area contributed by atoms with E-state index >= 15 is 0 Å². The largest absolute Gasteiger partial charge is 0.455 e. The molecule has 0 atom stereocenters. The number of nitro benzene ring substituents is 1. The first-order valence-corrected chi connectivity index (χ1v) is 5.33. The molecule has 0 aliphatic carbocycles. The van der Waals surface area contributed by atoms with Crippen LogP contribution in [0.25, 0.3) is 0 Å². The van der Waals surface area contributed by atoms with Gasteiger partial charge >= 0.3 is 5.97 Å². The van der Waals surface area contributed by atoms with Gasteiger partial charge < -0.3 is 4.74 Å². The van der Waals surface area contributed by atoms with Crippen LogP contribution in [0.2, 0.25) is 0 Å². The van der Waals surface area contributed by atoms with E-state index in [2.05, 4.69) is 0 Å². The highest BCUT2D eigenvalue weighted by atomic mass is 16.6. The van der Waals surface area contributed by atoms with Gasteiger partial charge in [0.05, 0.1) is 4.92 Å². The number of nitrogens with zero attached hydrogens (tertiary/aromatic N) is 1. The minimum absolute atomic E-state index is 0.0198. The maximum atomic E-state index is 11.2. The maximum Gasteiger partial charge on any atom is 0.306 e. The summed E-state index contributed by atoms with van der Waals surface area (Å²) < 4.78 is 5.26. The summed E-state index contributed by atoms with van der Waals surface area (Å²) in [6.07, 6.45) is 0.302. The molecule has 1 aromatic carbocycles. The van der Waals surface area contributed by atoms with Crippen molar-refractivity contribution in [2.45, 2.75) is 32.8 Å². The molecule has 92 valence electrons. The molecule has 0 bridgehead atoms. The molecule has 0 saturated carbocycles. The van der Waals surface area contributed by atoms with Gasteiger partial charge in [0.25, 0.3) is 5.69 Å². The molecule has 0 fully saturated rings. The van der Waals surface area contributed by atoms with Gasteiger partial charge in [-0.05, 0) is 31.5 Å². The topological polar surface area (TPSA) is 69.4 Å². The standard InChI is InChI=1S/C12H15NO4/c1-4-11(14)17-12(2,3)9-5-7-10(8-6-9)13(15)16/h5-8H,4H2,1-3H3. The predicted molar refractivity (Wildman–Crippen MR) is 62.5 cm³/mol. The summed E-state index contributed by atoms with van der Waals surface area (Å²) >= 11 is 0. The zero-order valence-electron chi connectivity index (χ0n) is 10.1. The van der Waals surface area contributed by atoms with Crippen LogP contribution in [0.15, 0.2) is 24.3 Å². The van der Waals surface area contributed by atoms with Gasteiger partial charge in [-0.3, -0.25) is 14.9 Å². The third-order valence-corrected chi connectivity index (χ3v) is 2.43. The van der Waals surface area contributed by atoms with Crippen molar-refractivity contribution >= 4 is 11.7 Å². The van der Waals surface area contributed by atoms with Crippen LogP contribution in [-0.2, 0) is 15.1 Å². The molecular formula is C12H15NO4. The van der Waals surface area contributed by atoms with Gasteiger partial charge in [-0.15, -0.1) is 0 Å². The molecule has 0 spiro atoms. The fourth-order valence-corrected chi connectivity index (χ4v) is 1.40. The Balaban J connectivity index is 2.91. The Morgan fingerprint density at radius 2 is 1.88 bits per heavy atom. The SMILES string of the molecule is CCC(=O)OC(C)(C)c1ccc([N+](=O)[O-])cc1. The third-order valence-electron chi connectivity index (χ3n) is 2.43. The summed E-state index contributed by atoms with van der Waals surface area (Å²) in [6.45, 7) is 5.22. The van der Waals surface area contributed by atoms with Gasteiger partial charge in [0.15, 0.2) is 0 Å². The first-order chi connectivity index (χ1) is 7.86. The van der Waals surface area contributed by atoms with Gasteiger partial charge in [0, 0.05) is 18.6 Å². The second-order valence-electron chi connectivity index (χ2n) is 4.14. The number of carbonyl (C=O) groups excluding carboxylic acids is 1. The Bertz CT molecular complexity index is 423. The molecule has 0 aliphatic rings. The van der Waals surface area contributed by atoms with Crippen LogP contribution in [0.5, 0.6) is 0 Å². The Hall–Kier alpha value is -1.91. The normalized spacial score (nSPS) is 11.0. The average molecular weight is 237 g/mol. The average Bonchev–Trinajstić information content (AvgIpc) is 2.28. The van der Waals surface area contributed by atoms with E-state index in [4.69, 9.17) is 4.74 Å². The molecule has 0 amide bonds. The van der Waals surface area contributed by atoms with Crippen LogP contribution in [0, 0.1) is 10.1 Å². The molecule has 5 nitrogen and oxygen atoms in total. The van der Waals surface area contributed by atoms with Gasteiger partial charge in [0.1, 0.15) is 5.60 Å². The summed E-state index contributed by atoms with van der Waals surface area (Å²) in [5, 5.41) is 10.5. The second-order valence-corrected chi connectivity index (χ2v) is 4.14. The van der Waals surface area contributed by atoms with Crippen molar-refractivity contribution in [1.82, 2.24) is 0 Å². The lowest BCUT2D eigenvalue weighted by Crippen LogP contribution is -2.25. The van der Waals surface area contributed by atoms with Crippen molar-refractivity contribution in [3.63, 3.8) is 0 Å². The van der Waals surface area contributed by atoms with Gasteiger partial charge in [-0.2, -0.15) is 0 Å². The highest BCUT2D eigenvalue weighted by molar-refractivity contribution is 5.69. The third kappa shape index (κ3) is 3.27. The lowest BCUT2D eigenvalue weighted by molar-refractivity contribution is -0.384. The zero-order chi connectivity index (χ0) is 13.1. The smallest absolute Gasteiger partial charge is 0.306 e. The number of non-ortho nitro benzene ring substituents is 1. The molecule has 0 saturated heterocycles. The molecule has 0 aromatic heterocycles. The van der Waals surface area contributed by atoms with Crippen molar-refractivity contribution in [1.29, 1.82) is 0 Å². The fourth-order valence-electron chi connectivity index (χ4n) is 1.40. The number of rotatable bonds is 4. The highest BCUT2D eigenvalue weighted by Gasteiger charge is 2.25. The molecule has 1 rings (SSSR count). The van der Waals surface area contributed by atoms with Gasteiger partial charge in [-0.25, -0.2) is 0 Å². The number of hydrogen-bond donors (Lipinski definition) is 0. The van der Waals surface area contributed by atoms with Crippen LogP contribution in [0.1, 0.15) is 32.8 Å². The number of hydrogen-bond acceptors (Lipinski definition) is 4. The number of benzene rings is 1. The van der Waals surface area contributed by atoms with E-state index in [-0.39, 0.29) is 11.7 Å². The molecule has 0 heterocycles. The number of nitro groups is 1. The molecule has 0 N–H and O–H groups in total. The lowest BCUT2D eigenvalue weighted by Gasteiger charge is -2.25. The quantitative estimate of drug-likeness (QED) is 0.458. The molecular weight excluding hydrogens is 222 g/mol. The Kier molecular flexibility index (Phi) is 3.83. The van der Waals surface area contributed by atoms with Crippen molar-refractivity contribution in [3.05, 3.63) is 39.9 Å². The number of esters is 1. The number of carbonyl (C=O) groups is 1. The summed E-state index contributed by atoms with van der Waals surface area (Å²) in [5.74, 6) is -0.298.